The number of ether oxygens (including phenoxy) is 1. The Kier molecular flexibility index (Phi) is 3.48. The van der Waals surface area contributed by atoms with Crippen LogP contribution in [-0.2, 0) is 9.53 Å². The molecule has 1 saturated heterocycles. The Morgan fingerprint density at radius 2 is 2.14 bits per heavy atom. The van der Waals surface area contributed by atoms with Crippen molar-refractivity contribution < 1.29 is 9.53 Å². The predicted octanol–water partition coefficient (Wildman–Crippen LogP) is 1.55. The van der Waals surface area contributed by atoms with Crippen molar-refractivity contribution in [3.63, 3.8) is 0 Å². The van der Waals surface area contributed by atoms with Gasteiger partial charge in [-0.2, -0.15) is 11.8 Å². The van der Waals surface area contributed by atoms with Crippen LogP contribution < -0.4 is 5.73 Å². The summed E-state index contributed by atoms with van der Waals surface area (Å²) in [7, 11) is 0. The third-order valence-corrected chi connectivity index (χ3v) is 3.37. The van der Waals surface area contributed by atoms with Crippen molar-refractivity contribution in [3.05, 3.63) is 0 Å². The molecule has 0 unspecified atom stereocenters. The number of carbonyl (C=O) groups is 1. The van der Waals surface area contributed by atoms with Crippen LogP contribution in [0.2, 0.25) is 0 Å². The van der Waals surface area contributed by atoms with Gasteiger partial charge in [0.25, 0.3) is 0 Å². The second kappa shape index (κ2) is 4.11. The van der Waals surface area contributed by atoms with Crippen LogP contribution in [0.3, 0.4) is 0 Å². The SMILES string of the molecule is CC(C)(C)OC(=O)[C@@]1(N)CCCSC1. The first-order chi connectivity index (χ1) is 6.33. The van der Waals surface area contributed by atoms with Gasteiger partial charge >= 0.3 is 5.97 Å². The second-order valence-corrected chi connectivity index (χ2v) is 5.92. The third kappa shape index (κ3) is 3.17. The van der Waals surface area contributed by atoms with E-state index >= 15 is 0 Å². The highest BCUT2D eigenvalue weighted by Crippen LogP contribution is 2.27. The first kappa shape index (κ1) is 11.9. The van der Waals surface area contributed by atoms with Crippen molar-refractivity contribution in [2.24, 2.45) is 5.73 Å². The van der Waals surface area contributed by atoms with E-state index < -0.39 is 11.1 Å². The average Bonchev–Trinajstić information content (AvgIpc) is 2.02. The Balaban J connectivity index is 2.58. The summed E-state index contributed by atoms with van der Waals surface area (Å²) in [6.45, 7) is 5.60. The molecule has 0 saturated carbocycles. The molecule has 1 heterocycles. The fourth-order valence-electron chi connectivity index (χ4n) is 1.36. The van der Waals surface area contributed by atoms with E-state index in [9.17, 15) is 4.79 Å². The van der Waals surface area contributed by atoms with E-state index in [1.54, 1.807) is 11.8 Å². The Bertz CT molecular complexity index is 217. The number of carbonyl (C=O) groups excluding carboxylic acids is 1. The highest BCUT2D eigenvalue weighted by Gasteiger charge is 2.39. The average molecular weight is 217 g/mol. The summed E-state index contributed by atoms with van der Waals surface area (Å²) in [4.78, 5) is 11.8. The van der Waals surface area contributed by atoms with Crippen LogP contribution in [0.5, 0.6) is 0 Å². The molecule has 1 atom stereocenters. The summed E-state index contributed by atoms with van der Waals surface area (Å²) in [5.41, 5.74) is 4.82. The zero-order chi connectivity index (χ0) is 10.8. The predicted molar refractivity (Wildman–Crippen MR) is 59.3 cm³/mol. The van der Waals surface area contributed by atoms with Crippen LogP contribution in [0.25, 0.3) is 0 Å². The summed E-state index contributed by atoms with van der Waals surface area (Å²) in [6, 6.07) is 0. The number of thioether (sulfide) groups is 1. The number of nitrogens with two attached hydrogens (primary N) is 1. The van der Waals surface area contributed by atoms with E-state index in [0.717, 1.165) is 18.6 Å². The highest BCUT2D eigenvalue weighted by molar-refractivity contribution is 7.99. The van der Waals surface area contributed by atoms with E-state index in [1.807, 2.05) is 20.8 Å². The molecule has 2 N–H and O–H groups in total. The maximum Gasteiger partial charge on any atom is 0.327 e. The molecule has 82 valence electrons. The van der Waals surface area contributed by atoms with Gasteiger partial charge in [0.1, 0.15) is 11.1 Å². The molecule has 1 rings (SSSR count). The van der Waals surface area contributed by atoms with Gasteiger partial charge in [0, 0.05) is 5.75 Å². The highest BCUT2D eigenvalue weighted by atomic mass is 32.2. The van der Waals surface area contributed by atoms with Crippen LogP contribution in [0.4, 0.5) is 0 Å². The van der Waals surface area contributed by atoms with Crippen LogP contribution in [0.1, 0.15) is 33.6 Å². The molecule has 4 heteroatoms. The lowest BCUT2D eigenvalue weighted by Gasteiger charge is -2.33. The quantitative estimate of drug-likeness (QED) is 0.677. The monoisotopic (exact) mass is 217 g/mol. The number of hydrogen-bond acceptors (Lipinski definition) is 4. The van der Waals surface area contributed by atoms with Crippen molar-refractivity contribution >= 4 is 17.7 Å². The van der Waals surface area contributed by atoms with Gasteiger partial charge in [-0.25, -0.2) is 0 Å². The van der Waals surface area contributed by atoms with E-state index in [1.165, 1.54) is 0 Å². The lowest BCUT2D eigenvalue weighted by Crippen LogP contribution is -2.54. The molecule has 1 aliphatic heterocycles. The first-order valence-electron chi connectivity index (χ1n) is 4.94. The van der Waals surface area contributed by atoms with Crippen molar-refractivity contribution in [3.8, 4) is 0 Å². The van der Waals surface area contributed by atoms with Gasteiger partial charge in [-0.15, -0.1) is 0 Å². The molecule has 0 aromatic carbocycles. The van der Waals surface area contributed by atoms with Gasteiger partial charge in [0.15, 0.2) is 0 Å². The van der Waals surface area contributed by atoms with Gasteiger partial charge in [-0.3, -0.25) is 4.79 Å². The Labute approximate surface area is 89.8 Å². The zero-order valence-electron chi connectivity index (χ0n) is 9.13. The molecular formula is C10H19NO2S. The molecule has 0 aromatic heterocycles. The van der Waals surface area contributed by atoms with Crippen LogP contribution >= 0.6 is 11.8 Å². The Hall–Kier alpha value is -0.220. The zero-order valence-corrected chi connectivity index (χ0v) is 9.95. The van der Waals surface area contributed by atoms with E-state index in [-0.39, 0.29) is 5.97 Å². The minimum atomic E-state index is -0.754. The fourth-order valence-corrected chi connectivity index (χ4v) is 2.48. The van der Waals surface area contributed by atoms with Crippen molar-refractivity contribution in [1.29, 1.82) is 0 Å². The molecule has 0 aliphatic carbocycles. The van der Waals surface area contributed by atoms with E-state index in [0.29, 0.717) is 5.75 Å². The summed E-state index contributed by atoms with van der Waals surface area (Å²) in [5.74, 6) is 1.53. The Morgan fingerprint density at radius 1 is 1.50 bits per heavy atom. The Morgan fingerprint density at radius 3 is 2.57 bits per heavy atom. The summed E-state index contributed by atoms with van der Waals surface area (Å²) in [6.07, 6.45) is 1.75. The van der Waals surface area contributed by atoms with Gasteiger partial charge in [-0.05, 0) is 39.4 Å². The van der Waals surface area contributed by atoms with Gasteiger partial charge in [0.05, 0.1) is 0 Å². The maximum absolute atomic E-state index is 11.8. The molecule has 0 bridgehead atoms. The molecular weight excluding hydrogens is 198 g/mol. The number of hydrogen-bond donors (Lipinski definition) is 1. The van der Waals surface area contributed by atoms with E-state index in [2.05, 4.69) is 0 Å². The third-order valence-electron chi connectivity index (χ3n) is 2.08. The molecule has 0 spiro atoms. The van der Waals surface area contributed by atoms with Crippen molar-refractivity contribution in [1.82, 2.24) is 0 Å². The normalized spacial score (nSPS) is 28.6. The summed E-state index contributed by atoms with van der Waals surface area (Å²) >= 11 is 1.73. The molecule has 1 fully saturated rings. The van der Waals surface area contributed by atoms with Crippen molar-refractivity contribution in [2.45, 2.75) is 44.8 Å². The van der Waals surface area contributed by atoms with Crippen LogP contribution in [0.15, 0.2) is 0 Å². The molecule has 0 aromatic rings. The largest absolute Gasteiger partial charge is 0.459 e. The standard InChI is InChI=1S/C10H19NO2S/c1-9(2,3)13-8(12)10(11)5-4-6-14-7-10/h4-7,11H2,1-3H3/t10-/m1/s1. The topological polar surface area (TPSA) is 52.3 Å². The van der Waals surface area contributed by atoms with Crippen LogP contribution in [0, 0.1) is 0 Å². The second-order valence-electron chi connectivity index (χ2n) is 4.81. The fraction of sp³-hybridized carbons (Fsp3) is 0.900. The molecule has 1 aliphatic rings. The molecule has 0 amide bonds. The van der Waals surface area contributed by atoms with Gasteiger partial charge < -0.3 is 10.5 Å². The summed E-state index contributed by atoms with van der Waals surface area (Å²) < 4.78 is 5.30. The smallest absolute Gasteiger partial charge is 0.327 e. The van der Waals surface area contributed by atoms with Gasteiger partial charge in [-0.1, -0.05) is 0 Å². The lowest BCUT2D eigenvalue weighted by atomic mass is 9.96. The molecule has 14 heavy (non-hydrogen) atoms. The van der Waals surface area contributed by atoms with Crippen molar-refractivity contribution in [2.75, 3.05) is 11.5 Å². The minimum absolute atomic E-state index is 0.253. The van der Waals surface area contributed by atoms with E-state index in [4.69, 9.17) is 10.5 Å². The maximum atomic E-state index is 11.8. The molecule has 0 radical (unpaired) electrons. The van der Waals surface area contributed by atoms with Gasteiger partial charge in [0.2, 0.25) is 0 Å². The first-order valence-corrected chi connectivity index (χ1v) is 6.09. The number of rotatable bonds is 1. The lowest BCUT2D eigenvalue weighted by molar-refractivity contribution is -0.161. The minimum Gasteiger partial charge on any atom is -0.459 e. The summed E-state index contributed by atoms with van der Waals surface area (Å²) in [5, 5.41) is 0. The van der Waals surface area contributed by atoms with Crippen LogP contribution in [-0.4, -0.2) is 28.6 Å². The molecule has 3 nitrogen and oxygen atoms in total. The number of esters is 1.